The molecule has 0 saturated carbocycles. The molecular weight excluding hydrogens is 202 g/mol. The van der Waals surface area contributed by atoms with E-state index in [4.69, 9.17) is 0 Å². The third kappa shape index (κ3) is 2.00. The SMILES string of the molecule is C=CCCCC(=O)c1cnn2ccncc12. The Morgan fingerprint density at radius 2 is 2.38 bits per heavy atom. The van der Waals surface area contributed by atoms with E-state index in [1.54, 1.807) is 29.3 Å². The van der Waals surface area contributed by atoms with Crippen LogP contribution >= 0.6 is 0 Å². The van der Waals surface area contributed by atoms with Crippen molar-refractivity contribution in [1.29, 1.82) is 0 Å². The molecule has 0 aliphatic carbocycles. The third-order valence-corrected chi connectivity index (χ3v) is 2.44. The fourth-order valence-electron chi connectivity index (χ4n) is 1.59. The van der Waals surface area contributed by atoms with Gasteiger partial charge in [0.2, 0.25) is 0 Å². The van der Waals surface area contributed by atoms with E-state index in [1.165, 1.54) is 0 Å². The number of rotatable bonds is 5. The van der Waals surface area contributed by atoms with E-state index in [2.05, 4.69) is 16.7 Å². The number of carbonyl (C=O) groups is 1. The second-order valence-corrected chi connectivity index (χ2v) is 3.57. The van der Waals surface area contributed by atoms with Gasteiger partial charge >= 0.3 is 0 Å². The molecule has 16 heavy (non-hydrogen) atoms. The summed E-state index contributed by atoms with van der Waals surface area (Å²) in [6.45, 7) is 3.63. The summed E-state index contributed by atoms with van der Waals surface area (Å²) in [5.74, 6) is 0.116. The Hall–Kier alpha value is -1.97. The maximum Gasteiger partial charge on any atom is 0.166 e. The minimum Gasteiger partial charge on any atom is -0.294 e. The second kappa shape index (κ2) is 4.70. The summed E-state index contributed by atoms with van der Waals surface area (Å²) in [5, 5.41) is 4.10. The molecule has 2 rings (SSSR count). The lowest BCUT2D eigenvalue weighted by Gasteiger charge is -1.97. The van der Waals surface area contributed by atoms with Crippen LogP contribution in [0.1, 0.15) is 29.6 Å². The first-order chi connectivity index (χ1) is 7.83. The maximum absolute atomic E-state index is 11.9. The highest BCUT2D eigenvalue weighted by molar-refractivity contribution is 6.01. The summed E-state index contributed by atoms with van der Waals surface area (Å²) in [7, 11) is 0. The normalized spacial score (nSPS) is 10.5. The molecule has 4 nitrogen and oxygen atoms in total. The zero-order chi connectivity index (χ0) is 11.4. The van der Waals surface area contributed by atoms with Gasteiger partial charge in [0.25, 0.3) is 0 Å². The molecule has 0 aliphatic rings. The van der Waals surface area contributed by atoms with E-state index >= 15 is 0 Å². The van der Waals surface area contributed by atoms with Crippen LogP contribution < -0.4 is 0 Å². The van der Waals surface area contributed by atoms with Crippen molar-refractivity contribution in [2.75, 3.05) is 0 Å². The molecule has 0 amide bonds. The van der Waals surface area contributed by atoms with Crippen molar-refractivity contribution >= 4 is 11.3 Å². The largest absolute Gasteiger partial charge is 0.294 e. The summed E-state index contributed by atoms with van der Waals surface area (Å²) in [6.07, 6.45) is 10.7. The fourth-order valence-corrected chi connectivity index (χ4v) is 1.59. The summed E-state index contributed by atoms with van der Waals surface area (Å²) >= 11 is 0. The van der Waals surface area contributed by atoms with Crippen LogP contribution in [0.5, 0.6) is 0 Å². The first-order valence-corrected chi connectivity index (χ1v) is 5.24. The van der Waals surface area contributed by atoms with Gasteiger partial charge in [-0.15, -0.1) is 6.58 Å². The van der Waals surface area contributed by atoms with E-state index in [0.717, 1.165) is 18.4 Å². The lowest BCUT2D eigenvalue weighted by Crippen LogP contribution is -1.98. The molecule has 82 valence electrons. The van der Waals surface area contributed by atoms with Crippen molar-refractivity contribution in [3.05, 3.63) is 43.0 Å². The molecule has 0 aliphatic heterocycles. The van der Waals surface area contributed by atoms with Gasteiger partial charge < -0.3 is 0 Å². The third-order valence-electron chi connectivity index (χ3n) is 2.44. The molecule has 0 atom stereocenters. The molecule has 0 bridgehead atoms. The van der Waals surface area contributed by atoms with Gasteiger partial charge in [0.15, 0.2) is 5.78 Å². The Kier molecular flexibility index (Phi) is 3.10. The monoisotopic (exact) mass is 215 g/mol. The predicted octanol–water partition coefficient (Wildman–Crippen LogP) is 2.27. The topological polar surface area (TPSA) is 47.3 Å². The number of carbonyl (C=O) groups excluding carboxylic acids is 1. The smallest absolute Gasteiger partial charge is 0.166 e. The number of aromatic nitrogens is 3. The van der Waals surface area contributed by atoms with Crippen molar-refractivity contribution in [1.82, 2.24) is 14.6 Å². The predicted molar refractivity (Wildman–Crippen MR) is 61.4 cm³/mol. The Balaban J connectivity index is 2.19. The lowest BCUT2D eigenvalue weighted by molar-refractivity contribution is 0.0982. The molecule has 0 saturated heterocycles. The molecule has 2 aromatic heterocycles. The zero-order valence-corrected chi connectivity index (χ0v) is 8.97. The highest BCUT2D eigenvalue weighted by Gasteiger charge is 2.11. The van der Waals surface area contributed by atoms with E-state index < -0.39 is 0 Å². The van der Waals surface area contributed by atoms with Gasteiger partial charge in [0.1, 0.15) is 0 Å². The quantitative estimate of drug-likeness (QED) is 0.436. The summed E-state index contributed by atoms with van der Waals surface area (Å²) in [6, 6.07) is 0. The van der Waals surface area contributed by atoms with Crippen LogP contribution in [0, 0.1) is 0 Å². The van der Waals surface area contributed by atoms with Crippen molar-refractivity contribution in [3.8, 4) is 0 Å². The number of allylic oxidation sites excluding steroid dienone is 1. The molecule has 2 aromatic rings. The van der Waals surface area contributed by atoms with Gasteiger partial charge in [-0.2, -0.15) is 5.10 Å². The van der Waals surface area contributed by atoms with Crippen LogP contribution in [-0.2, 0) is 0 Å². The molecule has 2 heterocycles. The van der Waals surface area contributed by atoms with Gasteiger partial charge in [-0.25, -0.2) is 4.52 Å². The van der Waals surface area contributed by atoms with E-state index in [9.17, 15) is 4.79 Å². The van der Waals surface area contributed by atoms with Crippen LogP contribution in [0.2, 0.25) is 0 Å². The summed E-state index contributed by atoms with van der Waals surface area (Å²) in [4.78, 5) is 15.9. The average Bonchev–Trinajstić information content (AvgIpc) is 2.73. The minimum atomic E-state index is 0.116. The standard InChI is InChI=1S/C12H13N3O/c1-2-3-4-5-12(16)10-8-14-15-7-6-13-9-11(10)15/h2,6-9H,1,3-5H2. The average molecular weight is 215 g/mol. The fraction of sp³-hybridized carbons (Fsp3) is 0.250. The number of unbranched alkanes of at least 4 members (excludes halogenated alkanes) is 1. The van der Waals surface area contributed by atoms with Crippen LogP contribution in [0.4, 0.5) is 0 Å². The van der Waals surface area contributed by atoms with E-state index in [0.29, 0.717) is 12.0 Å². The van der Waals surface area contributed by atoms with Crippen LogP contribution in [0.3, 0.4) is 0 Å². The molecule has 0 spiro atoms. The van der Waals surface area contributed by atoms with Crippen molar-refractivity contribution < 1.29 is 4.79 Å². The number of hydrogen-bond acceptors (Lipinski definition) is 3. The molecule has 4 heteroatoms. The van der Waals surface area contributed by atoms with E-state index in [1.807, 2.05) is 6.08 Å². The number of Topliss-reactive ketones (excluding diaryl/α,β-unsaturated/α-hetero) is 1. The Labute approximate surface area is 93.6 Å². The summed E-state index contributed by atoms with van der Waals surface area (Å²) < 4.78 is 1.66. The van der Waals surface area contributed by atoms with Crippen LogP contribution in [0.25, 0.3) is 5.52 Å². The van der Waals surface area contributed by atoms with Gasteiger partial charge in [0, 0.05) is 18.8 Å². The lowest BCUT2D eigenvalue weighted by atomic mass is 10.1. The van der Waals surface area contributed by atoms with Crippen molar-refractivity contribution in [2.24, 2.45) is 0 Å². The molecule has 0 radical (unpaired) electrons. The van der Waals surface area contributed by atoms with Gasteiger partial charge in [0.05, 0.1) is 23.5 Å². The highest BCUT2D eigenvalue weighted by atomic mass is 16.1. The van der Waals surface area contributed by atoms with Gasteiger partial charge in [-0.05, 0) is 12.8 Å². The van der Waals surface area contributed by atoms with Crippen molar-refractivity contribution in [3.63, 3.8) is 0 Å². The van der Waals surface area contributed by atoms with Crippen LogP contribution in [0.15, 0.2) is 37.4 Å². The van der Waals surface area contributed by atoms with Gasteiger partial charge in [-0.3, -0.25) is 9.78 Å². The Morgan fingerprint density at radius 3 is 3.19 bits per heavy atom. The number of ketones is 1. The Bertz CT molecular complexity index is 516. The second-order valence-electron chi connectivity index (χ2n) is 3.57. The number of fused-ring (bicyclic) bond motifs is 1. The molecular formula is C12H13N3O. The van der Waals surface area contributed by atoms with Crippen molar-refractivity contribution in [2.45, 2.75) is 19.3 Å². The Morgan fingerprint density at radius 1 is 1.50 bits per heavy atom. The number of hydrogen-bond donors (Lipinski definition) is 0. The van der Waals surface area contributed by atoms with Crippen LogP contribution in [-0.4, -0.2) is 20.4 Å². The molecule has 0 N–H and O–H groups in total. The summed E-state index contributed by atoms with van der Waals surface area (Å²) in [5.41, 5.74) is 1.42. The molecule has 0 fully saturated rings. The highest BCUT2D eigenvalue weighted by Crippen LogP contribution is 2.12. The van der Waals surface area contributed by atoms with Gasteiger partial charge in [-0.1, -0.05) is 6.08 Å². The molecule has 0 unspecified atom stereocenters. The first-order valence-electron chi connectivity index (χ1n) is 5.24. The first kappa shape index (κ1) is 10.5. The minimum absolute atomic E-state index is 0.116. The zero-order valence-electron chi connectivity index (χ0n) is 8.97. The number of nitrogens with zero attached hydrogens (tertiary/aromatic N) is 3. The molecule has 0 aromatic carbocycles. The maximum atomic E-state index is 11.9. The van der Waals surface area contributed by atoms with E-state index in [-0.39, 0.29) is 5.78 Å².